The number of aliphatic hydroxyl groups is 1. The van der Waals surface area contributed by atoms with Crippen LogP contribution < -0.4 is 5.32 Å². The first-order valence-electron chi connectivity index (χ1n) is 8.07. The fourth-order valence-corrected chi connectivity index (χ4v) is 4.10. The number of nitrogens with zero attached hydrogens (tertiary/aromatic N) is 1. The summed E-state index contributed by atoms with van der Waals surface area (Å²) < 4.78 is 77.2. The van der Waals surface area contributed by atoms with Crippen LogP contribution in [0.25, 0.3) is 0 Å². The van der Waals surface area contributed by atoms with Crippen molar-refractivity contribution in [2.75, 3.05) is 11.1 Å². The van der Waals surface area contributed by atoms with Crippen LogP contribution in [-0.2, 0) is 20.8 Å². The van der Waals surface area contributed by atoms with Crippen LogP contribution >= 0.6 is 12.2 Å². The molecule has 0 saturated heterocycles. The summed E-state index contributed by atoms with van der Waals surface area (Å²) in [7, 11) is -4.21. The van der Waals surface area contributed by atoms with Gasteiger partial charge in [-0.25, -0.2) is 12.8 Å². The van der Waals surface area contributed by atoms with E-state index in [0.717, 1.165) is 43.3 Å². The van der Waals surface area contributed by atoms with Gasteiger partial charge in [0.05, 0.1) is 27.1 Å². The lowest BCUT2D eigenvalue weighted by Crippen LogP contribution is -2.45. The molecule has 0 aromatic heterocycles. The molecule has 12 heteroatoms. The van der Waals surface area contributed by atoms with E-state index in [0.29, 0.717) is 6.07 Å². The van der Waals surface area contributed by atoms with Crippen LogP contribution in [0.15, 0.2) is 52.4 Å². The molecule has 2 aromatic rings. The standard InChI is InChI=1S/C18H14F4N2O4S2/c1-17(26,9-30(27,28)13-5-2-11(19)3-6-13)16(25)24-12-4-7-15(23-10-29)14(8-12)18(20,21)22/h2-8,26H,9H2,1H3,(H,24,25). The Hall–Kier alpha value is -2.66. The third-order valence-electron chi connectivity index (χ3n) is 3.86. The molecule has 0 saturated carbocycles. The van der Waals surface area contributed by atoms with Crippen LogP contribution in [0.1, 0.15) is 12.5 Å². The molecule has 160 valence electrons. The maximum atomic E-state index is 13.2. The summed E-state index contributed by atoms with van der Waals surface area (Å²) in [6.45, 7) is 0.888. The highest BCUT2D eigenvalue weighted by Gasteiger charge is 2.38. The predicted molar refractivity (Wildman–Crippen MR) is 104 cm³/mol. The summed E-state index contributed by atoms with van der Waals surface area (Å²) in [5, 5.41) is 14.2. The molecule has 2 N–H and O–H groups in total. The summed E-state index contributed by atoms with van der Waals surface area (Å²) in [6.07, 6.45) is -4.82. The number of aliphatic imine (C=N–C) groups is 1. The maximum absolute atomic E-state index is 13.2. The molecule has 1 atom stereocenters. The zero-order valence-electron chi connectivity index (χ0n) is 15.2. The SMILES string of the molecule is CC(O)(CS(=O)(=O)c1ccc(F)cc1)C(=O)Nc1ccc(N=C=S)c(C(F)(F)F)c1. The number of rotatable bonds is 6. The summed E-state index contributed by atoms with van der Waals surface area (Å²) in [6, 6.07) is 6.28. The summed E-state index contributed by atoms with van der Waals surface area (Å²) in [5.74, 6) is -3.02. The molecule has 0 aliphatic carbocycles. The number of alkyl halides is 3. The van der Waals surface area contributed by atoms with Gasteiger partial charge in [0.15, 0.2) is 15.4 Å². The number of anilines is 1. The van der Waals surface area contributed by atoms with Gasteiger partial charge in [0.2, 0.25) is 0 Å². The average molecular weight is 462 g/mol. The second-order valence-electron chi connectivity index (χ2n) is 6.37. The summed E-state index contributed by atoms with van der Waals surface area (Å²) in [4.78, 5) is 15.3. The number of hydrogen-bond acceptors (Lipinski definition) is 6. The minimum absolute atomic E-state index is 0.335. The number of carbonyl (C=O) groups is 1. The van der Waals surface area contributed by atoms with Gasteiger partial charge < -0.3 is 10.4 Å². The number of nitrogens with one attached hydrogen (secondary N) is 1. The van der Waals surface area contributed by atoms with Crippen molar-refractivity contribution in [1.82, 2.24) is 0 Å². The number of benzene rings is 2. The van der Waals surface area contributed by atoms with E-state index in [1.807, 2.05) is 10.5 Å². The largest absolute Gasteiger partial charge is 0.418 e. The van der Waals surface area contributed by atoms with Crippen molar-refractivity contribution >= 4 is 44.5 Å². The zero-order valence-corrected chi connectivity index (χ0v) is 16.8. The van der Waals surface area contributed by atoms with Gasteiger partial charge in [-0.2, -0.15) is 18.2 Å². The van der Waals surface area contributed by atoms with Gasteiger partial charge in [-0.05, 0) is 61.6 Å². The highest BCUT2D eigenvalue weighted by Crippen LogP contribution is 2.38. The molecular weight excluding hydrogens is 448 g/mol. The first-order valence-corrected chi connectivity index (χ1v) is 10.1. The Morgan fingerprint density at radius 2 is 1.80 bits per heavy atom. The van der Waals surface area contributed by atoms with E-state index in [4.69, 9.17) is 0 Å². The van der Waals surface area contributed by atoms with Gasteiger partial charge in [-0.3, -0.25) is 4.79 Å². The smallest absolute Gasteiger partial charge is 0.379 e. The van der Waals surface area contributed by atoms with Crippen molar-refractivity contribution in [3.05, 3.63) is 53.8 Å². The highest BCUT2D eigenvalue weighted by atomic mass is 32.2. The van der Waals surface area contributed by atoms with Crippen LogP contribution in [-0.4, -0.2) is 35.9 Å². The third kappa shape index (κ3) is 5.70. The van der Waals surface area contributed by atoms with Crippen molar-refractivity contribution in [3.63, 3.8) is 0 Å². The lowest BCUT2D eigenvalue weighted by Gasteiger charge is -2.22. The van der Waals surface area contributed by atoms with Gasteiger partial charge >= 0.3 is 6.18 Å². The monoisotopic (exact) mass is 462 g/mol. The minimum atomic E-state index is -4.82. The number of amides is 1. The van der Waals surface area contributed by atoms with E-state index in [2.05, 4.69) is 17.2 Å². The first-order chi connectivity index (χ1) is 13.8. The number of carbonyl (C=O) groups excluding carboxylic acids is 1. The average Bonchev–Trinajstić information content (AvgIpc) is 2.61. The molecule has 2 rings (SSSR count). The lowest BCUT2D eigenvalue weighted by molar-refractivity contribution is -0.137. The lowest BCUT2D eigenvalue weighted by atomic mass is 10.1. The first kappa shape index (κ1) is 23.6. The topological polar surface area (TPSA) is 95.8 Å². The molecule has 0 aliphatic rings. The maximum Gasteiger partial charge on any atom is 0.418 e. The molecule has 0 spiro atoms. The fraction of sp³-hybridized carbons (Fsp3) is 0.222. The molecule has 2 aromatic carbocycles. The third-order valence-corrected chi connectivity index (χ3v) is 5.88. The van der Waals surface area contributed by atoms with Crippen molar-refractivity contribution in [2.45, 2.75) is 23.6 Å². The van der Waals surface area contributed by atoms with Crippen molar-refractivity contribution in [1.29, 1.82) is 0 Å². The van der Waals surface area contributed by atoms with Crippen LogP contribution in [0.2, 0.25) is 0 Å². The second kappa shape index (κ2) is 8.60. The minimum Gasteiger partial charge on any atom is -0.379 e. The number of hydrogen-bond donors (Lipinski definition) is 2. The van der Waals surface area contributed by atoms with Crippen molar-refractivity contribution in [2.24, 2.45) is 4.99 Å². The van der Waals surface area contributed by atoms with Gasteiger partial charge in [-0.15, -0.1) is 0 Å². The number of isothiocyanates is 1. The molecule has 0 radical (unpaired) electrons. The van der Waals surface area contributed by atoms with E-state index in [9.17, 15) is 35.9 Å². The molecule has 0 fully saturated rings. The second-order valence-corrected chi connectivity index (χ2v) is 8.55. The Kier molecular flexibility index (Phi) is 6.77. The normalized spacial score (nSPS) is 13.8. The quantitative estimate of drug-likeness (QED) is 0.295. The van der Waals surface area contributed by atoms with Crippen molar-refractivity contribution < 1.29 is 35.9 Å². The van der Waals surface area contributed by atoms with Crippen LogP contribution in [0.4, 0.5) is 28.9 Å². The van der Waals surface area contributed by atoms with Gasteiger partial charge in [0.1, 0.15) is 5.82 Å². The summed E-state index contributed by atoms with van der Waals surface area (Å²) in [5.41, 5.74) is -4.59. The number of halogens is 4. The number of sulfone groups is 1. The van der Waals surface area contributed by atoms with E-state index in [1.54, 1.807) is 0 Å². The van der Waals surface area contributed by atoms with Gasteiger partial charge in [-0.1, -0.05) is 0 Å². The van der Waals surface area contributed by atoms with E-state index in [-0.39, 0.29) is 10.6 Å². The van der Waals surface area contributed by atoms with Gasteiger partial charge in [0.25, 0.3) is 5.91 Å². The van der Waals surface area contributed by atoms with E-state index in [1.165, 1.54) is 0 Å². The van der Waals surface area contributed by atoms with Crippen LogP contribution in [0, 0.1) is 5.82 Å². The van der Waals surface area contributed by atoms with E-state index < -0.39 is 50.3 Å². The zero-order chi connectivity index (χ0) is 22.7. The summed E-state index contributed by atoms with van der Waals surface area (Å²) >= 11 is 4.30. The molecule has 6 nitrogen and oxygen atoms in total. The Balaban J connectivity index is 2.27. The van der Waals surface area contributed by atoms with Crippen molar-refractivity contribution in [3.8, 4) is 0 Å². The molecule has 0 heterocycles. The molecule has 0 bridgehead atoms. The van der Waals surface area contributed by atoms with Gasteiger partial charge in [0, 0.05) is 5.69 Å². The number of thiocarbonyl (C=S) groups is 1. The molecule has 1 unspecified atom stereocenters. The van der Waals surface area contributed by atoms with E-state index >= 15 is 0 Å². The van der Waals surface area contributed by atoms with Crippen LogP contribution in [0.3, 0.4) is 0 Å². The van der Waals surface area contributed by atoms with Crippen LogP contribution in [0.5, 0.6) is 0 Å². The highest BCUT2D eigenvalue weighted by molar-refractivity contribution is 7.91. The predicted octanol–water partition coefficient (Wildman–Crippen LogP) is 3.74. The fourth-order valence-electron chi connectivity index (χ4n) is 2.41. The Morgan fingerprint density at radius 3 is 2.33 bits per heavy atom. The molecule has 1 amide bonds. The molecular formula is C18H14F4N2O4S2. The Bertz CT molecular complexity index is 1110. The molecule has 0 aliphatic heterocycles. The molecule has 30 heavy (non-hydrogen) atoms. The Labute approximate surface area is 174 Å². The Morgan fingerprint density at radius 1 is 1.20 bits per heavy atom.